The van der Waals surface area contributed by atoms with E-state index in [1.165, 1.54) is 0 Å². The van der Waals surface area contributed by atoms with Gasteiger partial charge in [0.25, 0.3) is 0 Å². The van der Waals surface area contributed by atoms with Gasteiger partial charge in [0.05, 0.1) is 0 Å². The van der Waals surface area contributed by atoms with E-state index in [0.29, 0.717) is 0 Å². The average molecular weight is 249 g/mol. The van der Waals surface area contributed by atoms with Crippen LogP contribution >= 0.6 is 0 Å². The molecule has 0 bridgehead atoms. The molecule has 0 atom stereocenters. The quantitative estimate of drug-likeness (QED) is 0.770. The molecule has 0 saturated carbocycles. The topological polar surface area (TPSA) is 45.2 Å². The summed E-state index contributed by atoms with van der Waals surface area (Å²) in [7, 11) is 0. The molecule has 18 heavy (non-hydrogen) atoms. The van der Waals surface area contributed by atoms with Crippen LogP contribution in [0.2, 0.25) is 0 Å². The van der Waals surface area contributed by atoms with Crippen LogP contribution in [0.1, 0.15) is 27.7 Å². The number of carbonyl (C=O) groups is 1. The first kappa shape index (κ1) is 14.6. The summed E-state index contributed by atoms with van der Waals surface area (Å²) in [6.45, 7) is 10.0. The summed E-state index contributed by atoms with van der Waals surface area (Å²) in [4.78, 5) is 16.2. The summed E-state index contributed by atoms with van der Waals surface area (Å²) in [5.41, 5.74) is 0.0608. The average Bonchev–Trinajstić information content (AvgIpc) is 2.28. The molecule has 1 fully saturated rings. The second-order valence-corrected chi connectivity index (χ2v) is 5.93. The molecule has 1 amide bonds. The van der Waals surface area contributed by atoms with Crippen molar-refractivity contribution in [2.24, 2.45) is 0 Å². The predicted molar refractivity (Wildman–Crippen MR) is 73.2 cm³/mol. The molecule has 1 aliphatic heterocycles. The molecule has 1 aromatic rings. The Morgan fingerprint density at radius 3 is 1.83 bits per heavy atom. The first-order chi connectivity index (χ1) is 8.35. The van der Waals surface area contributed by atoms with E-state index in [1.807, 2.05) is 23.1 Å². The lowest BCUT2D eigenvalue weighted by Gasteiger charge is -2.46. The molecule has 0 aliphatic carbocycles. The van der Waals surface area contributed by atoms with E-state index in [-0.39, 0.29) is 11.1 Å². The summed E-state index contributed by atoms with van der Waals surface area (Å²) in [6, 6.07) is 5.72. The van der Waals surface area contributed by atoms with Gasteiger partial charge >= 0.3 is 0 Å². The van der Waals surface area contributed by atoms with E-state index >= 15 is 0 Å². The highest BCUT2D eigenvalue weighted by atomic mass is 16.1. The molecular formula is C14H23N3O. The molecule has 100 valence electrons. The normalized spacial score (nSPS) is 20.6. The number of hydrogen-bond acceptors (Lipinski definition) is 3. The van der Waals surface area contributed by atoms with Gasteiger partial charge in [-0.3, -0.25) is 9.78 Å². The van der Waals surface area contributed by atoms with Crippen LogP contribution in [0.4, 0.5) is 0 Å². The van der Waals surface area contributed by atoms with Crippen molar-refractivity contribution in [2.75, 3.05) is 13.1 Å². The van der Waals surface area contributed by atoms with Crippen LogP contribution in [0.5, 0.6) is 0 Å². The Balaban J connectivity index is 0.000000225. The van der Waals surface area contributed by atoms with Crippen molar-refractivity contribution in [3.63, 3.8) is 0 Å². The number of nitrogens with one attached hydrogen (secondary N) is 1. The van der Waals surface area contributed by atoms with E-state index in [9.17, 15) is 4.79 Å². The van der Waals surface area contributed by atoms with E-state index in [2.05, 4.69) is 38.0 Å². The summed E-state index contributed by atoms with van der Waals surface area (Å²) in [5, 5.41) is 3.50. The zero-order valence-electron chi connectivity index (χ0n) is 11.7. The van der Waals surface area contributed by atoms with Crippen molar-refractivity contribution in [3.8, 4) is 0 Å². The maximum absolute atomic E-state index is 10.6. The number of pyridine rings is 1. The third-order valence-corrected chi connectivity index (χ3v) is 2.59. The number of rotatable bonds is 1. The molecule has 0 aromatic carbocycles. The van der Waals surface area contributed by atoms with Crippen LogP contribution in [0, 0.1) is 0 Å². The van der Waals surface area contributed by atoms with Gasteiger partial charge in [-0.15, -0.1) is 0 Å². The van der Waals surface area contributed by atoms with E-state index in [1.54, 1.807) is 12.4 Å². The maximum atomic E-state index is 10.6. The van der Waals surface area contributed by atoms with E-state index in [0.717, 1.165) is 19.5 Å². The molecule has 2 heterocycles. The standard InChI is InChI=1S/C9H18N2O.C5H5N/c1-8(2)5-11(7-12)6-9(3,4)10-8;1-2-4-6-5-3-1/h7,10H,5-6H2,1-4H3;1-5H. The molecular weight excluding hydrogens is 226 g/mol. The van der Waals surface area contributed by atoms with Gasteiger partial charge in [-0.05, 0) is 39.8 Å². The molecule has 0 radical (unpaired) electrons. The van der Waals surface area contributed by atoms with Gasteiger partial charge in [0.15, 0.2) is 0 Å². The van der Waals surface area contributed by atoms with Gasteiger partial charge < -0.3 is 10.2 Å². The summed E-state index contributed by atoms with van der Waals surface area (Å²) >= 11 is 0. The minimum atomic E-state index is 0.0304. The van der Waals surface area contributed by atoms with Crippen molar-refractivity contribution >= 4 is 6.41 Å². The van der Waals surface area contributed by atoms with Crippen LogP contribution in [0.15, 0.2) is 30.6 Å². The zero-order chi connectivity index (χ0) is 13.6. The lowest BCUT2D eigenvalue weighted by atomic mass is 9.92. The monoisotopic (exact) mass is 249 g/mol. The fourth-order valence-corrected chi connectivity index (χ4v) is 2.45. The Labute approximate surface area is 109 Å². The smallest absolute Gasteiger partial charge is 0.209 e. The minimum Gasteiger partial charge on any atom is -0.342 e. The maximum Gasteiger partial charge on any atom is 0.209 e. The number of nitrogens with zero attached hydrogens (tertiary/aromatic N) is 2. The van der Waals surface area contributed by atoms with Gasteiger partial charge in [-0.2, -0.15) is 0 Å². The molecule has 0 unspecified atom stereocenters. The Morgan fingerprint density at radius 2 is 1.56 bits per heavy atom. The van der Waals surface area contributed by atoms with Gasteiger partial charge in [0.1, 0.15) is 0 Å². The lowest BCUT2D eigenvalue weighted by molar-refractivity contribution is -0.121. The van der Waals surface area contributed by atoms with E-state index < -0.39 is 0 Å². The second kappa shape index (κ2) is 5.96. The van der Waals surface area contributed by atoms with Gasteiger partial charge in [0.2, 0.25) is 6.41 Å². The van der Waals surface area contributed by atoms with Gasteiger partial charge in [-0.1, -0.05) is 6.07 Å². The first-order valence-corrected chi connectivity index (χ1v) is 6.18. The molecule has 4 nitrogen and oxygen atoms in total. The Hall–Kier alpha value is -1.42. The third-order valence-electron chi connectivity index (χ3n) is 2.59. The minimum absolute atomic E-state index is 0.0304. The zero-order valence-corrected chi connectivity index (χ0v) is 11.7. The van der Waals surface area contributed by atoms with Crippen LogP contribution in [-0.4, -0.2) is 40.5 Å². The Kier molecular flexibility index (Phi) is 4.84. The molecule has 4 heteroatoms. The number of carbonyl (C=O) groups excluding carboxylic acids is 1. The molecule has 1 N–H and O–H groups in total. The molecule has 0 spiro atoms. The van der Waals surface area contributed by atoms with Crippen molar-refractivity contribution in [3.05, 3.63) is 30.6 Å². The number of aromatic nitrogens is 1. The predicted octanol–water partition coefficient (Wildman–Crippen LogP) is 1.69. The van der Waals surface area contributed by atoms with Crippen molar-refractivity contribution in [2.45, 2.75) is 38.8 Å². The third kappa shape index (κ3) is 5.27. The SMILES string of the molecule is CC1(C)CN(C=O)CC(C)(C)N1.c1ccncc1. The van der Waals surface area contributed by atoms with Gasteiger partial charge in [0, 0.05) is 36.6 Å². The van der Waals surface area contributed by atoms with Crippen molar-refractivity contribution in [1.82, 2.24) is 15.2 Å². The summed E-state index contributed by atoms with van der Waals surface area (Å²) in [6.07, 6.45) is 4.43. The largest absolute Gasteiger partial charge is 0.342 e. The number of hydrogen-bond donors (Lipinski definition) is 1. The van der Waals surface area contributed by atoms with Crippen LogP contribution in [0.3, 0.4) is 0 Å². The fourth-order valence-electron chi connectivity index (χ4n) is 2.45. The molecule has 2 rings (SSSR count). The van der Waals surface area contributed by atoms with Crippen molar-refractivity contribution in [1.29, 1.82) is 0 Å². The lowest BCUT2D eigenvalue weighted by Crippen LogP contribution is -2.66. The Bertz CT molecular complexity index is 320. The van der Waals surface area contributed by atoms with Crippen LogP contribution in [0.25, 0.3) is 0 Å². The second-order valence-electron chi connectivity index (χ2n) is 5.93. The molecule has 1 aliphatic rings. The first-order valence-electron chi connectivity index (χ1n) is 6.18. The summed E-state index contributed by atoms with van der Waals surface area (Å²) < 4.78 is 0. The summed E-state index contributed by atoms with van der Waals surface area (Å²) in [5.74, 6) is 0. The van der Waals surface area contributed by atoms with Crippen molar-refractivity contribution < 1.29 is 4.79 Å². The highest BCUT2D eigenvalue weighted by molar-refractivity contribution is 5.48. The van der Waals surface area contributed by atoms with Crippen LogP contribution < -0.4 is 5.32 Å². The highest BCUT2D eigenvalue weighted by Crippen LogP contribution is 2.19. The Morgan fingerprint density at radius 1 is 1.06 bits per heavy atom. The highest BCUT2D eigenvalue weighted by Gasteiger charge is 2.35. The number of piperazine rings is 1. The fraction of sp³-hybridized carbons (Fsp3) is 0.571. The molecule has 1 aromatic heterocycles. The number of amides is 1. The van der Waals surface area contributed by atoms with Crippen LogP contribution in [-0.2, 0) is 4.79 Å². The van der Waals surface area contributed by atoms with E-state index in [4.69, 9.17) is 0 Å². The molecule has 1 saturated heterocycles. The van der Waals surface area contributed by atoms with Gasteiger partial charge in [-0.25, -0.2) is 0 Å².